The van der Waals surface area contributed by atoms with E-state index in [1.54, 1.807) is 0 Å². The number of aromatic nitrogens is 1. The second-order valence-corrected chi connectivity index (χ2v) is 4.25. The van der Waals surface area contributed by atoms with Gasteiger partial charge in [0.25, 0.3) is 5.91 Å². The fourth-order valence-corrected chi connectivity index (χ4v) is 2.14. The van der Waals surface area contributed by atoms with Gasteiger partial charge < -0.3 is 10.5 Å². The molecule has 0 bridgehead atoms. The number of ether oxygens (including phenoxy) is 1. The smallest absolute Gasteiger partial charge is 0.277 e. The lowest BCUT2D eigenvalue weighted by Crippen LogP contribution is -2.35. The van der Waals surface area contributed by atoms with Gasteiger partial charge in [0.05, 0.1) is 18.9 Å². The highest BCUT2D eigenvalue weighted by Crippen LogP contribution is 2.11. The van der Waals surface area contributed by atoms with Gasteiger partial charge in [-0.05, 0) is 0 Å². The highest BCUT2D eigenvalue weighted by Gasteiger charge is 2.13. The van der Waals surface area contributed by atoms with Crippen molar-refractivity contribution in [2.45, 2.75) is 6.54 Å². The second-order valence-electron chi connectivity index (χ2n) is 3.40. The number of carbonyl (C=O) groups is 1. The molecule has 1 aromatic heterocycles. The fraction of sp³-hybridized carbons (Fsp3) is 0.556. The average Bonchev–Trinajstić information content (AvgIpc) is 2.68. The molecule has 0 aromatic carbocycles. The highest BCUT2D eigenvalue weighted by molar-refractivity contribution is 7.11. The highest BCUT2D eigenvalue weighted by atomic mass is 32.1. The first-order valence-electron chi connectivity index (χ1n) is 4.80. The van der Waals surface area contributed by atoms with E-state index in [1.165, 1.54) is 11.3 Å². The molecule has 1 fully saturated rings. The van der Waals surface area contributed by atoms with E-state index < -0.39 is 5.91 Å². The van der Waals surface area contributed by atoms with Gasteiger partial charge in [0.2, 0.25) is 0 Å². The first-order valence-corrected chi connectivity index (χ1v) is 5.68. The minimum Gasteiger partial charge on any atom is -0.379 e. The molecular formula is C9H13N3O2S. The number of carbonyl (C=O) groups excluding carboxylic acids is 1. The van der Waals surface area contributed by atoms with E-state index in [4.69, 9.17) is 10.5 Å². The molecule has 1 aliphatic rings. The molecule has 0 atom stereocenters. The van der Waals surface area contributed by atoms with E-state index in [-0.39, 0.29) is 0 Å². The summed E-state index contributed by atoms with van der Waals surface area (Å²) in [6.45, 7) is 4.15. The first-order chi connectivity index (χ1) is 7.25. The molecule has 1 saturated heterocycles. The van der Waals surface area contributed by atoms with Crippen LogP contribution >= 0.6 is 11.3 Å². The van der Waals surface area contributed by atoms with Gasteiger partial charge in [-0.15, -0.1) is 11.3 Å². The third-order valence-electron chi connectivity index (χ3n) is 2.25. The Balaban J connectivity index is 1.94. The van der Waals surface area contributed by atoms with Crippen molar-refractivity contribution in [2.75, 3.05) is 26.3 Å². The van der Waals surface area contributed by atoms with Crippen LogP contribution in [0.5, 0.6) is 0 Å². The molecule has 5 nitrogen and oxygen atoms in total. The van der Waals surface area contributed by atoms with Gasteiger partial charge in [0.15, 0.2) is 5.01 Å². The van der Waals surface area contributed by atoms with Crippen LogP contribution in [0.25, 0.3) is 0 Å². The molecule has 0 radical (unpaired) electrons. The monoisotopic (exact) mass is 227 g/mol. The third kappa shape index (κ3) is 2.74. The van der Waals surface area contributed by atoms with E-state index in [1.807, 2.05) is 5.38 Å². The number of amides is 1. The maximum absolute atomic E-state index is 10.8. The zero-order chi connectivity index (χ0) is 10.7. The van der Waals surface area contributed by atoms with Gasteiger partial charge in [-0.25, -0.2) is 4.98 Å². The standard InChI is InChI=1S/C9H13N3O2S/c10-8(13)9-11-7(6-15-9)5-12-1-3-14-4-2-12/h6H,1-5H2,(H2,10,13). The van der Waals surface area contributed by atoms with Gasteiger partial charge >= 0.3 is 0 Å². The van der Waals surface area contributed by atoms with Crippen LogP contribution in [0.1, 0.15) is 15.5 Å². The van der Waals surface area contributed by atoms with Crippen molar-refractivity contribution >= 4 is 17.2 Å². The fourth-order valence-electron chi connectivity index (χ4n) is 1.48. The minimum atomic E-state index is -0.451. The molecule has 2 N–H and O–H groups in total. The maximum atomic E-state index is 10.8. The van der Waals surface area contributed by atoms with E-state index in [9.17, 15) is 4.79 Å². The third-order valence-corrected chi connectivity index (χ3v) is 3.16. The first kappa shape index (κ1) is 10.5. The molecule has 82 valence electrons. The van der Waals surface area contributed by atoms with Crippen molar-refractivity contribution in [1.29, 1.82) is 0 Å². The number of nitrogens with two attached hydrogens (primary N) is 1. The van der Waals surface area contributed by atoms with E-state index in [0.717, 1.165) is 38.5 Å². The Kier molecular flexibility index (Phi) is 3.30. The van der Waals surface area contributed by atoms with Crippen LogP contribution in [0.2, 0.25) is 0 Å². The molecule has 0 aliphatic carbocycles. The lowest BCUT2D eigenvalue weighted by Gasteiger charge is -2.25. The lowest BCUT2D eigenvalue weighted by atomic mass is 10.3. The van der Waals surface area contributed by atoms with Gasteiger partial charge in [-0.2, -0.15) is 0 Å². The average molecular weight is 227 g/mol. The summed E-state index contributed by atoms with van der Waals surface area (Å²) >= 11 is 1.30. The predicted octanol–water partition coefficient (Wildman–Crippen LogP) is 0.0742. The van der Waals surface area contributed by atoms with E-state index >= 15 is 0 Å². The summed E-state index contributed by atoms with van der Waals surface area (Å²) in [7, 11) is 0. The molecule has 2 rings (SSSR count). The van der Waals surface area contributed by atoms with Crippen molar-refractivity contribution in [3.63, 3.8) is 0 Å². The second kappa shape index (κ2) is 4.69. The van der Waals surface area contributed by atoms with Crippen LogP contribution in [-0.2, 0) is 11.3 Å². The van der Waals surface area contributed by atoms with Crippen molar-refractivity contribution in [2.24, 2.45) is 5.73 Å². The Morgan fingerprint density at radius 3 is 2.93 bits per heavy atom. The molecule has 0 saturated carbocycles. The zero-order valence-corrected chi connectivity index (χ0v) is 9.13. The molecular weight excluding hydrogens is 214 g/mol. The molecule has 0 spiro atoms. The predicted molar refractivity (Wildman–Crippen MR) is 56.7 cm³/mol. The quantitative estimate of drug-likeness (QED) is 0.793. The molecule has 1 amide bonds. The van der Waals surface area contributed by atoms with Crippen LogP contribution in [0.4, 0.5) is 0 Å². The van der Waals surface area contributed by atoms with E-state index in [2.05, 4.69) is 9.88 Å². The van der Waals surface area contributed by atoms with Gasteiger partial charge in [-0.3, -0.25) is 9.69 Å². The van der Waals surface area contributed by atoms with Crippen molar-refractivity contribution in [3.05, 3.63) is 16.1 Å². The Labute approximate surface area is 91.9 Å². The topological polar surface area (TPSA) is 68.5 Å². The molecule has 1 aromatic rings. The van der Waals surface area contributed by atoms with Crippen LogP contribution in [0, 0.1) is 0 Å². The Hall–Kier alpha value is -0.980. The van der Waals surface area contributed by atoms with Crippen LogP contribution < -0.4 is 5.73 Å². The van der Waals surface area contributed by atoms with Gasteiger partial charge in [0.1, 0.15) is 0 Å². The number of rotatable bonds is 3. The van der Waals surface area contributed by atoms with Crippen molar-refractivity contribution < 1.29 is 9.53 Å². The normalized spacial score (nSPS) is 17.9. The molecule has 0 unspecified atom stereocenters. The zero-order valence-electron chi connectivity index (χ0n) is 8.31. The molecule has 6 heteroatoms. The van der Waals surface area contributed by atoms with Crippen LogP contribution in [-0.4, -0.2) is 42.1 Å². The van der Waals surface area contributed by atoms with Crippen LogP contribution in [0.3, 0.4) is 0 Å². The van der Waals surface area contributed by atoms with Gasteiger partial charge in [-0.1, -0.05) is 0 Å². The summed E-state index contributed by atoms with van der Waals surface area (Å²) in [5.41, 5.74) is 6.05. The number of thiazole rings is 1. The summed E-state index contributed by atoms with van der Waals surface area (Å²) in [4.78, 5) is 17.3. The lowest BCUT2D eigenvalue weighted by molar-refractivity contribution is 0.0337. The molecule has 1 aliphatic heterocycles. The number of nitrogens with zero attached hydrogens (tertiary/aromatic N) is 2. The maximum Gasteiger partial charge on any atom is 0.277 e. The minimum absolute atomic E-state index is 0.387. The summed E-state index contributed by atoms with van der Waals surface area (Å²) in [6.07, 6.45) is 0. The number of primary amides is 1. The Morgan fingerprint density at radius 1 is 1.60 bits per heavy atom. The molecule has 15 heavy (non-hydrogen) atoms. The van der Waals surface area contributed by atoms with Gasteiger partial charge in [0, 0.05) is 25.0 Å². The number of hydrogen-bond donors (Lipinski definition) is 1. The van der Waals surface area contributed by atoms with Crippen molar-refractivity contribution in [1.82, 2.24) is 9.88 Å². The Bertz CT molecular complexity index is 347. The largest absolute Gasteiger partial charge is 0.379 e. The summed E-state index contributed by atoms with van der Waals surface area (Å²) in [5.74, 6) is -0.451. The SMILES string of the molecule is NC(=O)c1nc(CN2CCOCC2)cs1. The van der Waals surface area contributed by atoms with Crippen molar-refractivity contribution in [3.8, 4) is 0 Å². The number of hydrogen-bond acceptors (Lipinski definition) is 5. The summed E-state index contributed by atoms with van der Waals surface area (Å²) in [6, 6.07) is 0. The van der Waals surface area contributed by atoms with E-state index in [0.29, 0.717) is 5.01 Å². The van der Waals surface area contributed by atoms with Crippen LogP contribution in [0.15, 0.2) is 5.38 Å². The summed E-state index contributed by atoms with van der Waals surface area (Å²) in [5, 5.41) is 2.27. The summed E-state index contributed by atoms with van der Waals surface area (Å²) < 4.78 is 5.25. The Morgan fingerprint density at radius 2 is 2.33 bits per heavy atom. The number of morpholine rings is 1. The molecule has 2 heterocycles.